The van der Waals surface area contributed by atoms with E-state index in [9.17, 15) is 4.79 Å². The minimum absolute atomic E-state index is 0.123. The van der Waals surface area contributed by atoms with Crippen LogP contribution in [0.4, 0.5) is 0 Å². The number of benzene rings is 1. The Morgan fingerprint density at radius 3 is 2.53 bits per heavy atom. The van der Waals surface area contributed by atoms with Crippen molar-refractivity contribution in [1.29, 1.82) is 5.26 Å². The average molecular weight is 230 g/mol. The Labute approximate surface area is 100 Å². The highest BCUT2D eigenvalue weighted by molar-refractivity contribution is 5.78. The SMILES string of the molecule is N#Cc1ccc(CC(=O)N2CCOCC2)cc1. The lowest BCUT2D eigenvalue weighted by Crippen LogP contribution is -2.41. The highest BCUT2D eigenvalue weighted by Crippen LogP contribution is 2.07. The number of carbonyl (C=O) groups excluding carboxylic acids is 1. The Morgan fingerprint density at radius 1 is 1.29 bits per heavy atom. The molecule has 4 nitrogen and oxygen atoms in total. The van der Waals surface area contributed by atoms with E-state index >= 15 is 0 Å². The molecule has 2 rings (SSSR count). The normalized spacial score (nSPS) is 15.4. The molecule has 88 valence electrons. The molecule has 0 spiro atoms. The molecular weight excluding hydrogens is 216 g/mol. The molecule has 0 aliphatic carbocycles. The molecule has 0 bridgehead atoms. The summed E-state index contributed by atoms with van der Waals surface area (Å²) in [6.45, 7) is 2.60. The molecule has 1 aromatic carbocycles. The van der Waals surface area contributed by atoms with Gasteiger partial charge in [0.25, 0.3) is 0 Å². The maximum Gasteiger partial charge on any atom is 0.227 e. The molecule has 1 aromatic rings. The summed E-state index contributed by atoms with van der Waals surface area (Å²) in [5.41, 5.74) is 1.56. The van der Waals surface area contributed by atoms with Crippen LogP contribution in [-0.2, 0) is 16.0 Å². The minimum Gasteiger partial charge on any atom is -0.378 e. The summed E-state index contributed by atoms with van der Waals surface area (Å²) in [7, 11) is 0. The van der Waals surface area contributed by atoms with Gasteiger partial charge in [-0.25, -0.2) is 0 Å². The van der Waals surface area contributed by atoms with Crippen LogP contribution < -0.4 is 0 Å². The molecule has 0 unspecified atom stereocenters. The zero-order chi connectivity index (χ0) is 12.1. The summed E-state index contributed by atoms with van der Waals surface area (Å²) in [4.78, 5) is 13.7. The number of amides is 1. The maximum atomic E-state index is 11.9. The van der Waals surface area contributed by atoms with Gasteiger partial charge in [-0.1, -0.05) is 12.1 Å². The molecule has 1 saturated heterocycles. The summed E-state index contributed by atoms with van der Waals surface area (Å²) < 4.78 is 5.20. The van der Waals surface area contributed by atoms with Gasteiger partial charge in [0.15, 0.2) is 0 Å². The summed E-state index contributed by atoms with van der Waals surface area (Å²) in [5, 5.41) is 8.68. The average Bonchev–Trinajstić information content (AvgIpc) is 2.40. The predicted molar refractivity (Wildman–Crippen MR) is 62.3 cm³/mol. The van der Waals surface area contributed by atoms with Gasteiger partial charge in [-0.15, -0.1) is 0 Å². The van der Waals surface area contributed by atoms with E-state index < -0.39 is 0 Å². The van der Waals surface area contributed by atoms with Crippen LogP contribution in [0.15, 0.2) is 24.3 Å². The fraction of sp³-hybridized carbons (Fsp3) is 0.385. The molecular formula is C13H14N2O2. The van der Waals surface area contributed by atoms with Gasteiger partial charge in [0, 0.05) is 13.1 Å². The molecule has 1 heterocycles. The first-order valence-electron chi connectivity index (χ1n) is 5.64. The summed E-state index contributed by atoms with van der Waals surface area (Å²) in [6.07, 6.45) is 0.395. The van der Waals surface area contributed by atoms with E-state index in [-0.39, 0.29) is 5.91 Å². The summed E-state index contributed by atoms with van der Waals surface area (Å²) >= 11 is 0. The van der Waals surface area contributed by atoms with Crippen LogP contribution in [0.25, 0.3) is 0 Å². The first kappa shape index (κ1) is 11.6. The molecule has 17 heavy (non-hydrogen) atoms. The van der Waals surface area contributed by atoms with Crippen LogP contribution >= 0.6 is 0 Å². The highest BCUT2D eigenvalue weighted by atomic mass is 16.5. The van der Waals surface area contributed by atoms with Crippen molar-refractivity contribution in [2.24, 2.45) is 0 Å². The van der Waals surface area contributed by atoms with Gasteiger partial charge >= 0.3 is 0 Å². The Bertz CT molecular complexity index is 428. The van der Waals surface area contributed by atoms with E-state index in [2.05, 4.69) is 6.07 Å². The fourth-order valence-electron chi connectivity index (χ4n) is 1.80. The third kappa shape index (κ3) is 3.05. The first-order chi connectivity index (χ1) is 8.29. The van der Waals surface area contributed by atoms with Crippen LogP contribution in [0.3, 0.4) is 0 Å². The van der Waals surface area contributed by atoms with Crippen molar-refractivity contribution < 1.29 is 9.53 Å². The number of nitrogens with zero attached hydrogens (tertiary/aromatic N) is 2. The van der Waals surface area contributed by atoms with Crippen molar-refractivity contribution in [3.8, 4) is 6.07 Å². The van der Waals surface area contributed by atoms with E-state index in [4.69, 9.17) is 10.00 Å². The first-order valence-corrected chi connectivity index (χ1v) is 5.64. The lowest BCUT2D eigenvalue weighted by molar-refractivity contribution is -0.134. The standard InChI is InChI=1S/C13H14N2O2/c14-10-12-3-1-11(2-4-12)9-13(16)15-5-7-17-8-6-15/h1-4H,5-9H2. The van der Waals surface area contributed by atoms with Crippen molar-refractivity contribution in [3.05, 3.63) is 35.4 Å². The number of hydrogen-bond donors (Lipinski definition) is 0. The van der Waals surface area contributed by atoms with Crippen molar-refractivity contribution in [3.63, 3.8) is 0 Å². The quantitative estimate of drug-likeness (QED) is 0.760. The highest BCUT2D eigenvalue weighted by Gasteiger charge is 2.16. The van der Waals surface area contributed by atoms with Gasteiger partial charge < -0.3 is 9.64 Å². The number of rotatable bonds is 2. The van der Waals surface area contributed by atoms with Gasteiger partial charge in [-0.05, 0) is 17.7 Å². The monoisotopic (exact) mass is 230 g/mol. The van der Waals surface area contributed by atoms with Crippen molar-refractivity contribution in [2.75, 3.05) is 26.3 Å². The van der Waals surface area contributed by atoms with E-state index in [1.54, 1.807) is 12.1 Å². The van der Waals surface area contributed by atoms with Crippen molar-refractivity contribution in [1.82, 2.24) is 4.90 Å². The van der Waals surface area contributed by atoms with E-state index in [1.807, 2.05) is 17.0 Å². The topological polar surface area (TPSA) is 53.3 Å². The molecule has 0 radical (unpaired) electrons. The van der Waals surface area contributed by atoms with Crippen LogP contribution in [0.5, 0.6) is 0 Å². The zero-order valence-electron chi connectivity index (χ0n) is 9.56. The number of nitriles is 1. The lowest BCUT2D eigenvalue weighted by Gasteiger charge is -2.26. The third-order valence-corrected chi connectivity index (χ3v) is 2.80. The molecule has 1 amide bonds. The molecule has 0 atom stereocenters. The number of hydrogen-bond acceptors (Lipinski definition) is 3. The fourth-order valence-corrected chi connectivity index (χ4v) is 1.80. The second kappa shape index (κ2) is 5.46. The molecule has 4 heteroatoms. The van der Waals surface area contributed by atoms with Gasteiger partial charge in [-0.3, -0.25) is 4.79 Å². The van der Waals surface area contributed by atoms with Gasteiger partial charge in [0.05, 0.1) is 31.3 Å². The Kier molecular flexibility index (Phi) is 3.73. The van der Waals surface area contributed by atoms with Gasteiger partial charge in [0.2, 0.25) is 5.91 Å². The van der Waals surface area contributed by atoms with Crippen LogP contribution in [-0.4, -0.2) is 37.1 Å². The smallest absolute Gasteiger partial charge is 0.227 e. The molecule has 0 aromatic heterocycles. The van der Waals surface area contributed by atoms with Gasteiger partial charge in [0.1, 0.15) is 0 Å². The maximum absolute atomic E-state index is 11.9. The second-order valence-corrected chi connectivity index (χ2v) is 3.98. The summed E-state index contributed by atoms with van der Waals surface area (Å²) in [5.74, 6) is 0.123. The van der Waals surface area contributed by atoms with Crippen LogP contribution in [0.1, 0.15) is 11.1 Å². The number of ether oxygens (including phenoxy) is 1. The van der Waals surface area contributed by atoms with Crippen molar-refractivity contribution >= 4 is 5.91 Å². The van der Waals surface area contributed by atoms with Crippen molar-refractivity contribution in [2.45, 2.75) is 6.42 Å². The lowest BCUT2D eigenvalue weighted by atomic mass is 10.1. The molecule has 1 aliphatic heterocycles. The largest absolute Gasteiger partial charge is 0.378 e. The van der Waals surface area contributed by atoms with E-state index in [1.165, 1.54) is 0 Å². The van der Waals surface area contributed by atoms with Crippen LogP contribution in [0.2, 0.25) is 0 Å². The predicted octanol–water partition coefficient (Wildman–Crippen LogP) is 0.960. The minimum atomic E-state index is 0.123. The Morgan fingerprint density at radius 2 is 1.94 bits per heavy atom. The molecule has 1 aliphatic rings. The molecule has 1 fully saturated rings. The Hall–Kier alpha value is -1.86. The van der Waals surface area contributed by atoms with Crippen LogP contribution in [0, 0.1) is 11.3 Å². The summed E-state index contributed by atoms with van der Waals surface area (Å²) in [6, 6.07) is 9.20. The van der Waals surface area contributed by atoms with Gasteiger partial charge in [-0.2, -0.15) is 5.26 Å². The second-order valence-electron chi connectivity index (χ2n) is 3.98. The number of morpholine rings is 1. The van der Waals surface area contributed by atoms with E-state index in [0.717, 1.165) is 5.56 Å². The Balaban J connectivity index is 1.95. The zero-order valence-corrected chi connectivity index (χ0v) is 9.56. The number of carbonyl (C=O) groups is 1. The van der Waals surface area contributed by atoms with E-state index in [0.29, 0.717) is 38.3 Å². The third-order valence-electron chi connectivity index (χ3n) is 2.80. The molecule has 0 saturated carbocycles. The molecule has 0 N–H and O–H groups in total.